The molecule has 0 atom stereocenters. The number of benzene rings is 2. The molecule has 0 aliphatic carbocycles. The van der Waals surface area contributed by atoms with Crippen LogP contribution in [0.15, 0.2) is 65.8 Å². The Morgan fingerprint density at radius 1 is 1.10 bits per heavy atom. The molecule has 1 aliphatic heterocycles. The van der Waals surface area contributed by atoms with E-state index < -0.39 is 21.9 Å². The van der Waals surface area contributed by atoms with Crippen LogP contribution in [-0.4, -0.2) is 83.7 Å². The average molecular weight is 587 g/mol. The number of amides is 2. The smallest absolute Gasteiger partial charge is 0.409 e. The van der Waals surface area contributed by atoms with Crippen molar-refractivity contribution >= 4 is 48.7 Å². The summed E-state index contributed by atoms with van der Waals surface area (Å²) in [7, 11) is -3.83. The highest BCUT2D eigenvalue weighted by atomic mass is 32.2. The number of halogens is 1. The summed E-state index contributed by atoms with van der Waals surface area (Å²) in [5.41, 5.74) is 0.847. The number of carbonyl (C=O) groups excluding carboxylic acids is 2. The van der Waals surface area contributed by atoms with Crippen LogP contribution >= 0.6 is 11.3 Å². The maximum Gasteiger partial charge on any atom is 0.409 e. The molecule has 0 unspecified atom stereocenters. The number of piperazine rings is 1. The molecule has 1 aliphatic rings. The van der Waals surface area contributed by atoms with Crippen LogP contribution in [0, 0.1) is 5.82 Å². The van der Waals surface area contributed by atoms with Crippen molar-refractivity contribution in [1.29, 1.82) is 0 Å². The summed E-state index contributed by atoms with van der Waals surface area (Å²) in [6, 6.07) is 11.8. The van der Waals surface area contributed by atoms with Gasteiger partial charge in [-0.1, -0.05) is 11.3 Å². The molecule has 0 spiro atoms. The van der Waals surface area contributed by atoms with Gasteiger partial charge >= 0.3 is 6.09 Å². The Bertz CT molecular complexity index is 1600. The maximum absolute atomic E-state index is 13.8. The Morgan fingerprint density at radius 2 is 1.85 bits per heavy atom. The van der Waals surface area contributed by atoms with E-state index in [1.807, 2.05) is 0 Å². The number of hydrogen-bond acceptors (Lipinski definition) is 8. The monoisotopic (exact) mass is 586 g/mol. The van der Waals surface area contributed by atoms with Crippen molar-refractivity contribution in [2.75, 3.05) is 44.2 Å². The van der Waals surface area contributed by atoms with E-state index in [0.29, 0.717) is 21.9 Å². The van der Waals surface area contributed by atoms with Gasteiger partial charge in [-0.15, -0.1) is 0 Å². The van der Waals surface area contributed by atoms with Crippen LogP contribution in [-0.2, 0) is 21.3 Å². The van der Waals surface area contributed by atoms with Crippen LogP contribution in [0.1, 0.15) is 17.3 Å². The quantitative estimate of drug-likeness (QED) is 0.310. The van der Waals surface area contributed by atoms with E-state index in [1.54, 1.807) is 36.1 Å². The van der Waals surface area contributed by atoms with Gasteiger partial charge in [-0.3, -0.25) is 14.4 Å². The SMILES string of the molecule is CCOC(=O)N1CCN(S(=O)(=O)c2ccc(C(=O)N(CCn3cccn3)c3nc4ccc(F)cc4s3)cc2)CC1. The van der Waals surface area contributed by atoms with Gasteiger partial charge in [0.25, 0.3) is 5.91 Å². The summed E-state index contributed by atoms with van der Waals surface area (Å²) in [6.45, 7) is 3.34. The summed E-state index contributed by atoms with van der Waals surface area (Å²) in [4.78, 5) is 33.1. The minimum Gasteiger partial charge on any atom is -0.450 e. The molecule has 0 N–H and O–H groups in total. The minimum atomic E-state index is -3.83. The molecule has 1 saturated heterocycles. The molecule has 3 heterocycles. The number of thiazole rings is 1. The van der Waals surface area contributed by atoms with Gasteiger partial charge in [-0.2, -0.15) is 9.40 Å². The zero-order chi connectivity index (χ0) is 28.3. The summed E-state index contributed by atoms with van der Waals surface area (Å²) in [6.07, 6.45) is 2.96. The highest BCUT2D eigenvalue weighted by molar-refractivity contribution is 7.89. The van der Waals surface area contributed by atoms with Crippen LogP contribution in [0.4, 0.5) is 14.3 Å². The molecule has 0 radical (unpaired) electrons. The van der Waals surface area contributed by atoms with Crippen molar-refractivity contribution < 1.29 is 27.1 Å². The summed E-state index contributed by atoms with van der Waals surface area (Å²) >= 11 is 1.20. The van der Waals surface area contributed by atoms with Gasteiger partial charge in [0.05, 0.1) is 28.3 Å². The van der Waals surface area contributed by atoms with Crippen molar-refractivity contribution in [1.82, 2.24) is 24.0 Å². The second kappa shape index (κ2) is 11.7. The molecule has 2 aromatic heterocycles. The number of nitrogens with zero attached hydrogens (tertiary/aromatic N) is 6. The van der Waals surface area contributed by atoms with Gasteiger partial charge in [-0.25, -0.2) is 22.6 Å². The average Bonchev–Trinajstić information content (AvgIpc) is 3.63. The topological polar surface area (TPSA) is 118 Å². The summed E-state index contributed by atoms with van der Waals surface area (Å²) in [5.74, 6) is -0.769. The van der Waals surface area contributed by atoms with E-state index in [1.165, 1.54) is 61.8 Å². The Balaban J connectivity index is 1.34. The summed E-state index contributed by atoms with van der Waals surface area (Å²) in [5, 5.41) is 4.58. The van der Waals surface area contributed by atoms with E-state index in [9.17, 15) is 22.4 Å². The number of fused-ring (bicyclic) bond motifs is 1. The van der Waals surface area contributed by atoms with Gasteiger partial charge in [0, 0.05) is 50.7 Å². The summed E-state index contributed by atoms with van der Waals surface area (Å²) < 4.78 is 48.8. The van der Waals surface area contributed by atoms with Crippen molar-refractivity contribution in [2.24, 2.45) is 0 Å². The Morgan fingerprint density at radius 3 is 2.52 bits per heavy atom. The molecule has 2 amide bonds. The molecular formula is C26H27FN6O5S2. The van der Waals surface area contributed by atoms with Crippen molar-refractivity contribution in [3.63, 3.8) is 0 Å². The van der Waals surface area contributed by atoms with Crippen LogP contribution in [0.25, 0.3) is 10.2 Å². The number of anilines is 1. The molecular weight excluding hydrogens is 559 g/mol. The molecule has 40 heavy (non-hydrogen) atoms. The van der Waals surface area contributed by atoms with Crippen LogP contribution < -0.4 is 4.90 Å². The first-order valence-corrected chi connectivity index (χ1v) is 14.9. The lowest BCUT2D eigenvalue weighted by Gasteiger charge is -2.33. The number of ether oxygens (including phenoxy) is 1. The van der Waals surface area contributed by atoms with Gasteiger partial charge in [-0.05, 0) is 55.5 Å². The standard InChI is InChI=1S/C26H27FN6O5S2/c1-2-38-26(35)30-12-15-32(16-13-30)40(36,37)21-7-4-19(5-8-21)24(34)33(17-14-31-11-3-10-28-31)25-29-22-9-6-20(27)18-23(22)39-25/h3-11,18H,2,12-17H2,1H3. The third kappa shape index (κ3) is 5.83. The number of rotatable bonds is 8. The van der Waals surface area contributed by atoms with Crippen LogP contribution in [0.3, 0.4) is 0 Å². The second-order valence-corrected chi connectivity index (χ2v) is 11.9. The number of sulfonamides is 1. The van der Waals surface area contributed by atoms with Gasteiger partial charge in [0.1, 0.15) is 5.82 Å². The maximum atomic E-state index is 13.8. The molecule has 11 nitrogen and oxygen atoms in total. The lowest BCUT2D eigenvalue weighted by molar-refractivity contribution is 0.0933. The van der Waals surface area contributed by atoms with E-state index >= 15 is 0 Å². The predicted molar refractivity (Wildman–Crippen MR) is 147 cm³/mol. The second-order valence-electron chi connectivity index (χ2n) is 8.95. The first-order chi connectivity index (χ1) is 19.3. The van der Waals surface area contributed by atoms with Crippen molar-refractivity contribution in [2.45, 2.75) is 18.4 Å². The lowest BCUT2D eigenvalue weighted by Crippen LogP contribution is -2.50. The highest BCUT2D eigenvalue weighted by Crippen LogP contribution is 2.30. The molecule has 14 heteroatoms. The lowest BCUT2D eigenvalue weighted by atomic mass is 10.2. The molecule has 0 bridgehead atoms. The van der Waals surface area contributed by atoms with E-state index in [-0.39, 0.29) is 55.7 Å². The Labute approximate surface area is 234 Å². The Hall–Kier alpha value is -3.88. The normalized spacial score (nSPS) is 14.4. The van der Waals surface area contributed by atoms with E-state index in [0.717, 1.165) is 0 Å². The predicted octanol–water partition coefficient (Wildman–Crippen LogP) is 3.44. The highest BCUT2D eigenvalue weighted by Gasteiger charge is 2.31. The van der Waals surface area contributed by atoms with Crippen molar-refractivity contribution in [3.05, 3.63) is 72.3 Å². The largest absolute Gasteiger partial charge is 0.450 e. The van der Waals surface area contributed by atoms with Gasteiger partial charge in [0.2, 0.25) is 10.0 Å². The van der Waals surface area contributed by atoms with Gasteiger partial charge < -0.3 is 9.64 Å². The van der Waals surface area contributed by atoms with Crippen molar-refractivity contribution in [3.8, 4) is 0 Å². The minimum absolute atomic E-state index is 0.0483. The number of aromatic nitrogens is 3. The first kappa shape index (κ1) is 27.7. The fourth-order valence-electron chi connectivity index (χ4n) is 4.32. The molecule has 4 aromatic rings. The van der Waals surface area contributed by atoms with Crippen LogP contribution in [0.5, 0.6) is 0 Å². The zero-order valence-corrected chi connectivity index (χ0v) is 23.3. The molecule has 0 saturated carbocycles. The molecule has 1 fully saturated rings. The molecule has 210 valence electrons. The number of hydrogen-bond donors (Lipinski definition) is 0. The fraction of sp³-hybridized carbons (Fsp3) is 0.308. The number of carbonyl (C=O) groups is 2. The van der Waals surface area contributed by atoms with Crippen LogP contribution in [0.2, 0.25) is 0 Å². The zero-order valence-electron chi connectivity index (χ0n) is 21.6. The van der Waals surface area contributed by atoms with E-state index in [4.69, 9.17) is 4.74 Å². The first-order valence-electron chi connectivity index (χ1n) is 12.6. The van der Waals surface area contributed by atoms with E-state index in [2.05, 4.69) is 10.1 Å². The third-order valence-electron chi connectivity index (χ3n) is 6.43. The fourth-order valence-corrected chi connectivity index (χ4v) is 6.76. The van der Waals surface area contributed by atoms with Gasteiger partial charge in [0.15, 0.2) is 5.13 Å². The molecule has 5 rings (SSSR count). The Kier molecular flexibility index (Phi) is 8.09. The molecule has 2 aromatic carbocycles. The third-order valence-corrected chi connectivity index (χ3v) is 9.38.